The summed E-state index contributed by atoms with van der Waals surface area (Å²) in [5, 5.41) is 17.3. The molecule has 0 radical (unpaired) electrons. The van der Waals surface area contributed by atoms with Crippen molar-refractivity contribution in [1.82, 2.24) is 14.6 Å². The average molecular weight is 296 g/mol. The molecule has 3 aromatic rings. The number of aliphatic hydroxyl groups is 1. The molecule has 0 spiro atoms. The largest absolute Gasteiger partial charge is 0.394 e. The Morgan fingerprint density at radius 2 is 1.91 bits per heavy atom. The van der Waals surface area contributed by atoms with Gasteiger partial charge in [-0.1, -0.05) is 44.2 Å². The Morgan fingerprint density at radius 3 is 2.59 bits per heavy atom. The van der Waals surface area contributed by atoms with Gasteiger partial charge in [0.1, 0.15) is 5.82 Å². The third-order valence-corrected chi connectivity index (χ3v) is 3.77. The average Bonchev–Trinajstić information content (AvgIpc) is 2.96. The third kappa shape index (κ3) is 2.80. The van der Waals surface area contributed by atoms with Gasteiger partial charge in [0.05, 0.1) is 24.5 Å². The lowest BCUT2D eigenvalue weighted by molar-refractivity contribution is 0.249. The van der Waals surface area contributed by atoms with Crippen LogP contribution in [0.1, 0.15) is 13.8 Å². The van der Waals surface area contributed by atoms with Crippen LogP contribution in [0.25, 0.3) is 16.9 Å². The maximum atomic E-state index is 9.45. The number of rotatable bonds is 5. The van der Waals surface area contributed by atoms with E-state index in [1.165, 1.54) is 0 Å². The fraction of sp³-hybridized carbons (Fsp3) is 0.294. The minimum absolute atomic E-state index is 0.0198. The van der Waals surface area contributed by atoms with Gasteiger partial charge in [-0.15, -0.1) is 5.10 Å². The van der Waals surface area contributed by atoms with E-state index < -0.39 is 0 Å². The van der Waals surface area contributed by atoms with Crippen molar-refractivity contribution >= 4 is 11.5 Å². The summed E-state index contributed by atoms with van der Waals surface area (Å²) in [5.74, 6) is 1.05. The van der Waals surface area contributed by atoms with Gasteiger partial charge < -0.3 is 10.4 Å². The normalized spacial score (nSPS) is 12.7. The predicted molar refractivity (Wildman–Crippen MR) is 87.8 cm³/mol. The molecule has 2 N–H and O–H groups in total. The van der Waals surface area contributed by atoms with Crippen molar-refractivity contribution in [3.63, 3.8) is 0 Å². The molecule has 1 aromatic carbocycles. The van der Waals surface area contributed by atoms with Gasteiger partial charge in [0.15, 0.2) is 5.65 Å². The predicted octanol–water partition coefficient (Wildman–Crippen LogP) is 2.83. The standard InChI is InChI=1S/C17H20N4O/c1-12(2)14(11-22)19-16-8-9-17-18-10-15(21(17)20-16)13-6-4-3-5-7-13/h3-10,12,14,22H,11H2,1-2H3,(H,19,20)/t14-/m1/s1. The van der Waals surface area contributed by atoms with E-state index in [2.05, 4.69) is 29.2 Å². The number of nitrogens with one attached hydrogen (secondary N) is 1. The maximum Gasteiger partial charge on any atom is 0.154 e. The molecule has 5 nitrogen and oxygen atoms in total. The molecule has 0 amide bonds. The van der Waals surface area contributed by atoms with Gasteiger partial charge in [-0.05, 0) is 18.1 Å². The highest BCUT2D eigenvalue weighted by molar-refractivity contribution is 5.63. The lowest BCUT2D eigenvalue weighted by Gasteiger charge is -2.20. The van der Waals surface area contributed by atoms with E-state index in [4.69, 9.17) is 0 Å². The highest BCUT2D eigenvalue weighted by Crippen LogP contribution is 2.20. The summed E-state index contributed by atoms with van der Waals surface area (Å²) in [5.41, 5.74) is 2.82. The van der Waals surface area contributed by atoms with Crippen molar-refractivity contribution in [3.8, 4) is 11.3 Å². The Morgan fingerprint density at radius 1 is 1.14 bits per heavy atom. The first-order valence-corrected chi connectivity index (χ1v) is 7.46. The second kappa shape index (κ2) is 6.15. The Bertz CT molecular complexity index is 752. The van der Waals surface area contributed by atoms with Gasteiger partial charge in [-0.2, -0.15) is 0 Å². The van der Waals surface area contributed by atoms with Crippen LogP contribution in [0.3, 0.4) is 0 Å². The molecule has 1 atom stereocenters. The summed E-state index contributed by atoms with van der Waals surface area (Å²) in [6.07, 6.45) is 1.83. The van der Waals surface area contributed by atoms with Crippen molar-refractivity contribution in [2.24, 2.45) is 5.92 Å². The molecule has 0 saturated carbocycles. The summed E-state index contributed by atoms with van der Waals surface area (Å²) >= 11 is 0. The summed E-state index contributed by atoms with van der Waals surface area (Å²) in [6, 6.07) is 13.9. The summed E-state index contributed by atoms with van der Waals surface area (Å²) in [6.45, 7) is 4.21. The van der Waals surface area contributed by atoms with E-state index in [9.17, 15) is 5.11 Å². The molecule has 2 heterocycles. The van der Waals surface area contributed by atoms with Crippen molar-refractivity contribution < 1.29 is 5.11 Å². The molecule has 2 aromatic heterocycles. The monoisotopic (exact) mass is 296 g/mol. The van der Waals surface area contributed by atoms with Crippen LogP contribution in [0.4, 0.5) is 5.82 Å². The van der Waals surface area contributed by atoms with E-state index in [1.807, 2.05) is 53.2 Å². The van der Waals surface area contributed by atoms with Gasteiger partial charge in [0.2, 0.25) is 0 Å². The van der Waals surface area contributed by atoms with Gasteiger partial charge in [-0.3, -0.25) is 0 Å². The third-order valence-electron chi connectivity index (χ3n) is 3.77. The molecule has 0 bridgehead atoms. The first kappa shape index (κ1) is 14.5. The smallest absolute Gasteiger partial charge is 0.154 e. The molecule has 114 valence electrons. The van der Waals surface area contributed by atoms with E-state index in [0.29, 0.717) is 5.92 Å². The van der Waals surface area contributed by atoms with Crippen molar-refractivity contribution in [2.45, 2.75) is 19.9 Å². The maximum absolute atomic E-state index is 9.45. The molecule has 22 heavy (non-hydrogen) atoms. The fourth-order valence-electron chi connectivity index (χ4n) is 2.37. The molecular weight excluding hydrogens is 276 g/mol. The van der Waals surface area contributed by atoms with Crippen molar-refractivity contribution in [3.05, 3.63) is 48.7 Å². The molecule has 0 aliphatic heterocycles. The van der Waals surface area contributed by atoms with Crippen molar-refractivity contribution in [1.29, 1.82) is 0 Å². The van der Waals surface area contributed by atoms with Crippen LogP contribution < -0.4 is 5.32 Å². The van der Waals surface area contributed by atoms with Crippen LogP contribution in [0.2, 0.25) is 0 Å². The summed E-state index contributed by atoms with van der Waals surface area (Å²) < 4.78 is 1.83. The number of nitrogens with zero attached hydrogens (tertiary/aromatic N) is 3. The second-order valence-corrected chi connectivity index (χ2v) is 5.68. The lowest BCUT2D eigenvalue weighted by Crippen LogP contribution is -2.30. The van der Waals surface area contributed by atoms with Crippen LogP contribution in [-0.2, 0) is 0 Å². The fourth-order valence-corrected chi connectivity index (χ4v) is 2.37. The molecule has 0 saturated heterocycles. The Balaban J connectivity index is 1.98. The number of aromatic nitrogens is 3. The van der Waals surface area contributed by atoms with Crippen LogP contribution in [0, 0.1) is 5.92 Å². The molecule has 0 aliphatic carbocycles. The van der Waals surface area contributed by atoms with Gasteiger partial charge in [0.25, 0.3) is 0 Å². The Hall–Kier alpha value is -2.40. The zero-order valence-electron chi connectivity index (χ0n) is 12.8. The molecule has 0 aliphatic rings. The van der Waals surface area contributed by atoms with Crippen LogP contribution in [0.5, 0.6) is 0 Å². The molecule has 0 unspecified atom stereocenters. The number of imidazole rings is 1. The summed E-state index contributed by atoms with van der Waals surface area (Å²) in [4.78, 5) is 4.39. The first-order valence-electron chi connectivity index (χ1n) is 7.46. The molecule has 0 fully saturated rings. The molecule has 3 rings (SSSR count). The van der Waals surface area contributed by atoms with E-state index in [-0.39, 0.29) is 12.6 Å². The molecular formula is C17H20N4O. The minimum Gasteiger partial charge on any atom is -0.394 e. The number of benzene rings is 1. The van der Waals surface area contributed by atoms with E-state index >= 15 is 0 Å². The minimum atomic E-state index is -0.0198. The number of hydrogen-bond acceptors (Lipinski definition) is 4. The van der Waals surface area contributed by atoms with Gasteiger partial charge >= 0.3 is 0 Å². The Labute approximate surface area is 129 Å². The Kier molecular flexibility index (Phi) is 4.06. The van der Waals surface area contributed by atoms with E-state index in [0.717, 1.165) is 22.7 Å². The summed E-state index contributed by atoms with van der Waals surface area (Å²) in [7, 11) is 0. The second-order valence-electron chi connectivity index (χ2n) is 5.68. The topological polar surface area (TPSA) is 62.5 Å². The van der Waals surface area contributed by atoms with Gasteiger partial charge in [-0.25, -0.2) is 9.50 Å². The highest BCUT2D eigenvalue weighted by Gasteiger charge is 2.13. The van der Waals surface area contributed by atoms with Crippen LogP contribution in [0.15, 0.2) is 48.7 Å². The van der Waals surface area contributed by atoms with Crippen molar-refractivity contribution in [2.75, 3.05) is 11.9 Å². The zero-order valence-corrected chi connectivity index (χ0v) is 12.8. The molecule has 5 heteroatoms. The first-order chi connectivity index (χ1) is 10.7. The number of fused-ring (bicyclic) bond motifs is 1. The van der Waals surface area contributed by atoms with Crippen LogP contribution in [-0.4, -0.2) is 32.4 Å². The lowest BCUT2D eigenvalue weighted by atomic mass is 10.1. The van der Waals surface area contributed by atoms with Crippen LogP contribution >= 0.6 is 0 Å². The quantitative estimate of drug-likeness (QED) is 0.760. The zero-order chi connectivity index (χ0) is 15.5. The van der Waals surface area contributed by atoms with E-state index in [1.54, 1.807) is 0 Å². The number of hydrogen-bond donors (Lipinski definition) is 2. The SMILES string of the molecule is CC(C)[C@@H](CO)Nc1ccc2ncc(-c3ccccc3)n2n1. The number of anilines is 1. The highest BCUT2D eigenvalue weighted by atomic mass is 16.3. The number of aliphatic hydroxyl groups excluding tert-OH is 1. The van der Waals surface area contributed by atoms with Gasteiger partial charge in [0, 0.05) is 5.56 Å².